The Balaban J connectivity index is 3.40. The van der Waals surface area contributed by atoms with Crippen molar-refractivity contribution in [1.29, 1.82) is 0 Å². The van der Waals surface area contributed by atoms with Gasteiger partial charge in [0.1, 0.15) is 6.10 Å². The van der Waals surface area contributed by atoms with Crippen LogP contribution in [-0.4, -0.2) is 66.1 Å². The fourth-order valence-corrected chi connectivity index (χ4v) is 7.22. The highest BCUT2D eigenvalue weighted by molar-refractivity contribution is 9.09. The van der Waals surface area contributed by atoms with Crippen LogP contribution in [0.2, 0.25) is 54.4 Å². The Bertz CT molecular complexity index is 650. The Kier molecular flexibility index (Phi) is 10.0. The Morgan fingerprint density at radius 2 is 1.06 bits per heavy atom. The van der Waals surface area contributed by atoms with Gasteiger partial charge in [-0.05, 0) is 54.4 Å². The lowest BCUT2D eigenvalue weighted by molar-refractivity contribution is -0.226. The van der Waals surface area contributed by atoms with Gasteiger partial charge in [0.05, 0.1) is 23.6 Å². The fraction of sp³-hybridized carbons (Fsp3) is 1.00. The van der Waals surface area contributed by atoms with Crippen molar-refractivity contribution in [3.8, 4) is 0 Å². The van der Waals surface area contributed by atoms with Gasteiger partial charge in [-0.1, -0.05) is 78.2 Å². The number of hydrogen-bond acceptors (Lipinski definition) is 5. The smallest absolute Gasteiger partial charge is 0.192 e. The third kappa shape index (κ3) is 7.71. The van der Waals surface area contributed by atoms with E-state index < -0.39 is 37.3 Å². The van der Waals surface area contributed by atoms with Gasteiger partial charge >= 0.3 is 0 Å². The molecular formula is C24H53BrO5Si3. The van der Waals surface area contributed by atoms with E-state index in [-0.39, 0.29) is 32.1 Å². The molecule has 0 aromatic rings. The van der Waals surface area contributed by atoms with Gasteiger partial charge in [0.2, 0.25) is 0 Å². The molecule has 0 aromatic carbocycles. The minimum absolute atomic E-state index is 0.0389. The average molecular weight is 586 g/mol. The van der Waals surface area contributed by atoms with Gasteiger partial charge in [0, 0.05) is 0 Å². The van der Waals surface area contributed by atoms with Crippen LogP contribution >= 0.6 is 15.9 Å². The van der Waals surface area contributed by atoms with E-state index in [1.807, 2.05) is 0 Å². The zero-order valence-corrected chi connectivity index (χ0v) is 28.6. The lowest BCUT2D eigenvalue weighted by Crippen LogP contribution is -2.64. The summed E-state index contributed by atoms with van der Waals surface area (Å²) in [4.78, 5) is -0.370. The van der Waals surface area contributed by atoms with Crippen LogP contribution in [-0.2, 0) is 18.0 Å². The summed E-state index contributed by atoms with van der Waals surface area (Å²) in [5, 5.41) is 11.0. The molecule has 1 heterocycles. The monoisotopic (exact) mass is 584 g/mol. The topological polar surface area (TPSA) is 57.2 Å². The van der Waals surface area contributed by atoms with E-state index in [0.29, 0.717) is 6.61 Å². The molecule has 1 fully saturated rings. The van der Waals surface area contributed by atoms with Crippen molar-refractivity contribution in [3.05, 3.63) is 0 Å². The number of halogens is 1. The molecule has 0 saturated carbocycles. The van der Waals surface area contributed by atoms with E-state index in [0.717, 1.165) is 0 Å². The number of hydrogen-bond donors (Lipinski definition) is 1. The van der Waals surface area contributed by atoms with Crippen molar-refractivity contribution in [1.82, 2.24) is 0 Å². The molecule has 0 radical (unpaired) electrons. The van der Waals surface area contributed by atoms with Crippen LogP contribution in [0.25, 0.3) is 0 Å². The first kappa shape index (κ1) is 32.0. The summed E-state index contributed by atoms with van der Waals surface area (Å²) in [7, 11) is -6.29. The van der Waals surface area contributed by atoms with Crippen molar-refractivity contribution >= 4 is 40.9 Å². The molecule has 9 heteroatoms. The van der Waals surface area contributed by atoms with Crippen molar-refractivity contribution in [2.75, 3.05) is 6.61 Å². The zero-order chi connectivity index (χ0) is 26.4. The quantitative estimate of drug-likeness (QED) is 0.252. The Labute approximate surface area is 216 Å². The van der Waals surface area contributed by atoms with Crippen LogP contribution in [0, 0.1) is 0 Å². The number of alkyl halides is 1. The molecule has 5 nitrogen and oxygen atoms in total. The van der Waals surface area contributed by atoms with Crippen molar-refractivity contribution in [3.63, 3.8) is 0 Å². The maximum atomic E-state index is 10.9. The van der Waals surface area contributed by atoms with Crippen LogP contribution < -0.4 is 0 Å². The molecule has 0 amide bonds. The van der Waals surface area contributed by atoms with Gasteiger partial charge in [-0.3, -0.25) is 0 Å². The van der Waals surface area contributed by atoms with Crippen LogP contribution in [0.3, 0.4) is 0 Å². The molecule has 0 bridgehead atoms. The lowest BCUT2D eigenvalue weighted by Gasteiger charge is -2.51. The highest BCUT2D eigenvalue weighted by Gasteiger charge is 2.53. The molecule has 1 aliphatic rings. The first-order chi connectivity index (χ1) is 14.3. The van der Waals surface area contributed by atoms with Gasteiger partial charge in [0.25, 0.3) is 0 Å². The minimum Gasteiger partial charge on any atom is -0.414 e. The second-order valence-electron chi connectivity index (χ2n) is 14.3. The second kappa shape index (κ2) is 10.4. The third-order valence-corrected chi connectivity index (χ3v) is 22.9. The summed E-state index contributed by atoms with van der Waals surface area (Å²) in [6.07, 6.45) is -2.02. The highest BCUT2D eigenvalue weighted by Crippen LogP contribution is 2.44. The Hall–Kier alpha value is 0.931. The van der Waals surface area contributed by atoms with E-state index >= 15 is 0 Å². The molecule has 1 rings (SSSR count). The van der Waals surface area contributed by atoms with Gasteiger partial charge in [0.15, 0.2) is 31.2 Å². The summed E-state index contributed by atoms with van der Waals surface area (Å²) in [6, 6.07) is 0. The normalized spacial score (nSPS) is 28.8. The van der Waals surface area contributed by atoms with Crippen LogP contribution in [0.4, 0.5) is 0 Å². The standard InChI is InChI=1S/C24H53BrO5Si3/c1-22(2,3)31(10,11)27-16-17-19(29-32(12,13)23(4,5)6)20(18(25)21(26)28-17)30-33(14,15)24(7,8)9/h17-21,26H,16H2,1-15H3/t17-,18+,19-,20-,21+/m1/s1. The molecule has 1 aliphatic heterocycles. The van der Waals surface area contributed by atoms with Crippen molar-refractivity contribution in [2.45, 2.75) is 146 Å². The lowest BCUT2D eigenvalue weighted by atomic mass is 10.0. The molecular weight excluding hydrogens is 532 g/mol. The SMILES string of the molecule is CC(C)(C)[Si](C)(C)OC[C@H]1O[C@H](O)[C@@H](Br)[C@@H](O[Si](C)(C)C(C)(C)C)[C@@H]1O[Si](C)(C)C(C)(C)C. The second-order valence-corrected chi connectivity index (χ2v) is 29.6. The van der Waals surface area contributed by atoms with E-state index in [1.165, 1.54) is 0 Å². The molecule has 0 aliphatic carbocycles. The number of aliphatic hydroxyl groups excluding tert-OH is 1. The number of aliphatic hydroxyl groups is 1. The Morgan fingerprint density at radius 3 is 1.42 bits per heavy atom. The predicted molar refractivity (Wildman–Crippen MR) is 151 cm³/mol. The summed E-state index contributed by atoms with van der Waals surface area (Å²) in [6.45, 7) is 34.0. The maximum Gasteiger partial charge on any atom is 0.192 e. The molecule has 33 heavy (non-hydrogen) atoms. The maximum absolute atomic E-state index is 10.9. The molecule has 5 atom stereocenters. The van der Waals surface area contributed by atoms with Gasteiger partial charge in [-0.25, -0.2) is 0 Å². The number of rotatable bonds is 7. The average Bonchev–Trinajstić information content (AvgIpc) is 2.56. The first-order valence-electron chi connectivity index (χ1n) is 12.3. The van der Waals surface area contributed by atoms with E-state index in [9.17, 15) is 5.11 Å². The van der Waals surface area contributed by atoms with E-state index in [2.05, 4.69) is 118 Å². The number of ether oxygens (including phenoxy) is 1. The third-order valence-electron chi connectivity index (χ3n) is 8.48. The van der Waals surface area contributed by atoms with Gasteiger partial charge in [-0.15, -0.1) is 0 Å². The summed E-state index contributed by atoms with van der Waals surface area (Å²) in [5.41, 5.74) is 0. The summed E-state index contributed by atoms with van der Waals surface area (Å²) in [5.74, 6) is 0. The van der Waals surface area contributed by atoms with Crippen molar-refractivity contribution in [2.24, 2.45) is 0 Å². The van der Waals surface area contributed by atoms with E-state index in [4.69, 9.17) is 18.0 Å². The Morgan fingerprint density at radius 1 is 0.697 bits per heavy atom. The van der Waals surface area contributed by atoms with E-state index in [1.54, 1.807) is 0 Å². The van der Waals surface area contributed by atoms with Gasteiger partial charge < -0.3 is 23.1 Å². The highest BCUT2D eigenvalue weighted by atomic mass is 79.9. The zero-order valence-electron chi connectivity index (χ0n) is 24.1. The molecule has 0 aromatic heterocycles. The van der Waals surface area contributed by atoms with Crippen LogP contribution in [0.15, 0.2) is 0 Å². The summed E-state index contributed by atoms with van der Waals surface area (Å²) >= 11 is 3.71. The van der Waals surface area contributed by atoms with Gasteiger partial charge in [-0.2, -0.15) is 0 Å². The largest absolute Gasteiger partial charge is 0.414 e. The first-order valence-corrected chi connectivity index (χ1v) is 22.0. The van der Waals surface area contributed by atoms with Crippen LogP contribution in [0.5, 0.6) is 0 Å². The predicted octanol–water partition coefficient (Wildman–Crippen LogP) is 7.27. The molecule has 0 spiro atoms. The van der Waals surface area contributed by atoms with Crippen LogP contribution in [0.1, 0.15) is 62.3 Å². The summed E-state index contributed by atoms with van der Waals surface area (Å²) < 4.78 is 26.7. The van der Waals surface area contributed by atoms with Crippen molar-refractivity contribution < 1.29 is 23.1 Å². The molecule has 1 saturated heterocycles. The fourth-order valence-electron chi connectivity index (χ4n) is 2.84. The molecule has 198 valence electrons. The molecule has 0 unspecified atom stereocenters. The molecule has 1 N–H and O–H groups in total. The minimum atomic E-state index is -2.15.